The molecule has 1 saturated heterocycles. The van der Waals surface area contributed by atoms with E-state index in [1.165, 1.54) is 29.8 Å². The predicted molar refractivity (Wildman–Crippen MR) is 142 cm³/mol. The smallest absolute Gasteiger partial charge is 0.264 e. The molecule has 1 aliphatic heterocycles. The van der Waals surface area contributed by atoms with Crippen LogP contribution in [0.1, 0.15) is 12.5 Å². The number of nitrogens with zero attached hydrogens (tertiary/aromatic N) is 3. The average Bonchev–Trinajstić information content (AvgIpc) is 2.89. The Morgan fingerprint density at radius 2 is 1.56 bits per heavy atom. The lowest BCUT2D eigenvalue weighted by atomic mass is 10.2. The molecular formula is C27H30ClN3O4S. The summed E-state index contributed by atoms with van der Waals surface area (Å²) in [6.45, 7) is 5.20. The molecule has 0 spiro atoms. The third-order valence-corrected chi connectivity index (χ3v) is 8.11. The van der Waals surface area contributed by atoms with E-state index in [0.717, 1.165) is 23.9 Å². The number of para-hydroxylation sites is 2. The number of ether oxygens (including phenoxy) is 1. The second-order valence-corrected chi connectivity index (χ2v) is 10.8. The number of sulfonamides is 1. The van der Waals surface area contributed by atoms with Crippen LogP contribution in [0.5, 0.6) is 5.75 Å². The Morgan fingerprint density at radius 1 is 0.917 bits per heavy atom. The molecule has 0 atom stereocenters. The number of carbonyl (C=O) groups excluding carboxylic acids is 1. The summed E-state index contributed by atoms with van der Waals surface area (Å²) < 4.78 is 34.3. The Kier molecular flexibility index (Phi) is 8.51. The van der Waals surface area contributed by atoms with Gasteiger partial charge in [0.25, 0.3) is 10.0 Å². The van der Waals surface area contributed by atoms with Crippen molar-refractivity contribution >= 4 is 33.2 Å². The SMILES string of the molecule is CCOc1ccccc1N(CC(=O)N1CCN(Cc2ccccc2)CC1)S(=O)(=O)c1ccc(Cl)cc1. The van der Waals surface area contributed by atoms with Crippen molar-refractivity contribution in [3.63, 3.8) is 0 Å². The Hall–Kier alpha value is -3.07. The van der Waals surface area contributed by atoms with Gasteiger partial charge in [-0.25, -0.2) is 8.42 Å². The van der Waals surface area contributed by atoms with Crippen molar-refractivity contribution in [1.29, 1.82) is 0 Å². The van der Waals surface area contributed by atoms with Gasteiger partial charge in [-0.1, -0.05) is 54.1 Å². The lowest BCUT2D eigenvalue weighted by Crippen LogP contribution is -2.51. The zero-order valence-corrected chi connectivity index (χ0v) is 21.8. The van der Waals surface area contributed by atoms with Gasteiger partial charge in [0.2, 0.25) is 5.91 Å². The number of benzene rings is 3. The van der Waals surface area contributed by atoms with E-state index in [1.54, 1.807) is 29.2 Å². The zero-order valence-electron chi connectivity index (χ0n) is 20.2. The van der Waals surface area contributed by atoms with Crippen molar-refractivity contribution in [2.45, 2.75) is 18.4 Å². The summed E-state index contributed by atoms with van der Waals surface area (Å²) in [5, 5.41) is 0.430. The fourth-order valence-electron chi connectivity index (χ4n) is 4.19. The molecule has 190 valence electrons. The molecule has 0 bridgehead atoms. The molecule has 1 aliphatic rings. The molecule has 7 nitrogen and oxygen atoms in total. The van der Waals surface area contributed by atoms with Crippen LogP contribution in [-0.2, 0) is 21.4 Å². The van der Waals surface area contributed by atoms with Gasteiger partial charge in [0.05, 0.1) is 17.2 Å². The van der Waals surface area contributed by atoms with Gasteiger partial charge in [0, 0.05) is 37.7 Å². The van der Waals surface area contributed by atoms with Gasteiger partial charge >= 0.3 is 0 Å². The first-order valence-corrected chi connectivity index (χ1v) is 13.7. The molecule has 0 N–H and O–H groups in total. The van der Waals surface area contributed by atoms with E-state index in [0.29, 0.717) is 36.2 Å². The highest BCUT2D eigenvalue weighted by Crippen LogP contribution is 2.33. The molecule has 1 fully saturated rings. The highest BCUT2D eigenvalue weighted by Gasteiger charge is 2.32. The van der Waals surface area contributed by atoms with E-state index in [2.05, 4.69) is 17.0 Å². The Labute approximate surface area is 217 Å². The minimum atomic E-state index is -4.06. The first-order chi connectivity index (χ1) is 17.4. The second kappa shape index (κ2) is 11.8. The third-order valence-electron chi connectivity index (χ3n) is 6.09. The van der Waals surface area contributed by atoms with Crippen molar-refractivity contribution in [2.24, 2.45) is 0 Å². The van der Waals surface area contributed by atoms with E-state index in [1.807, 2.05) is 25.1 Å². The topological polar surface area (TPSA) is 70.2 Å². The van der Waals surface area contributed by atoms with Crippen LogP contribution in [0.25, 0.3) is 0 Å². The summed E-state index contributed by atoms with van der Waals surface area (Å²) >= 11 is 5.98. The number of hydrogen-bond acceptors (Lipinski definition) is 5. The van der Waals surface area contributed by atoms with Crippen LogP contribution in [0.15, 0.2) is 83.8 Å². The Balaban J connectivity index is 1.54. The minimum Gasteiger partial charge on any atom is -0.492 e. The summed E-state index contributed by atoms with van der Waals surface area (Å²) in [4.78, 5) is 17.5. The molecule has 36 heavy (non-hydrogen) atoms. The standard InChI is InChI=1S/C27H30ClN3O4S/c1-2-35-26-11-7-6-10-25(26)31(36(33,34)24-14-12-23(28)13-15-24)21-27(32)30-18-16-29(17-19-30)20-22-8-4-3-5-9-22/h3-15H,2,16-21H2,1H3. The fraction of sp³-hybridized carbons (Fsp3) is 0.296. The van der Waals surface area contributed by atoms with Crippen LogP contribution < -0.4 is 9.04 Å². The van der Waals surface area contributed by atoms with Gasteiger partial charge in [0.15, 0.2) is 0 Å². The number of halogens is 1. The van der Waals surface area contributed by atoms with Crippen molar-refractivity contribution in [1.82, 2.24) is 9.80 Å². The molecule has 0 saturated carbocycles. The average molecular weight is 528 g/mol. The largest absolute Gasteiger partial charge is 0.492 e. The van der Waals surface area contributed by atoms with Gasteiger partial charge in [-0.3, -0.25) is 14.0 Å². The number of hydrogen-bond donors (Lipinski definition) is 0. The first kappa shape index (κ1) is 26.0. The van der Waals surface area contributed by atoms with Crippen LogP contribution in [0, 0.1) is 0 Å². The summed E-state index contributed by atoms with van der Waals surface area (Å²) in [6, 6.07) is 23.0. The molecule has 3 aromatic rings. The zero-order chi connectivity index (χ0) is 25.5. The summed E-state index contributed by atoms with van der Waals surface area (Å²) in [5.74, 6) is 0.149. The molecule has 3 aromatic carbocycles. The predicted octanol–water partition coefficient (Wildman–Crippen LogP) is 4.28. The molecule has 4 rings (SSSR count). The summed E-state index contributed by atoms with van der Waals surface area (Å²) in [6.07, 6.45) is 0. The number of rotatable bonds is 9. The van der Waals surface area contributed by atoms with E-state index >= 15 is 0 Å². The van der Waals surface area contributed by atoms with Crippen molar-refractivity contribution in [3.8, 4) is 5.75 Å². The summed E-state index contributed by atoms with van der Waals surface area (Å²) in [7, 11) is -4.06. The maximum atomic E-state index is 13.7. The molecule has 1 heterocycles. The first-order valence-electron chi connectivity index (χ1n) is 11.9. The fourth-order valence-corrected chi connectivity index (χ4v) is 5.74. The van der Waals surface area contributed by atoms with Crippen LogP contribution in [0.3, 0.4) is 0 Å². The molecule has 1 amide bonds. The molecule has 0 aliphatic carbocycles. The van der Waals surface area contributed by atoms with E-state index in [9.17, 15) is 13.2 Å². The lowest BCUT2D eigenvalue weighted by molar-refractivity contribution is -0.131. The van der Waals surface area contributed by atoms with E-state index in [4.69, 9.17) is 16.3 Å². The van der Waals surface area contributed by atoms with Gasteiger partial charge in [-0.2, -0.15) is 0 Å². The maximum Gasteiger partial charge on any atom is 0.264 e. The van der Waals surface area contributed by atoms with Gasteiger partial charge in [0.1, 0.15) is 12.3 Å². The van der Waals surface area contributed by atoms with Crippen molar-refractivity contribution in [3.05, 3.63) is 89.4 Å². The normalized spacial score (nSPS) is 14.4. The van der Waals surface area contributed by atoms with Crippen molar-refractivity contribution in [2.75, 3.05) is 43.6 Å². The number of amides is 1. The van der Waals surface area contributed by atoms with Crippen LogP contribution >= 0.6 is 11.6 Å². The van der Waals surface area contributed by atoms with Crippen LogP contribution in [0.2, 0.25) is 5.02 Å². The third kappa shape index (κ3) is 6.19. The van der Waals surface area contributed by atoms with E-state index in [-0.39, 0.29) is 17.3 Å². The van der Waals surface area contributed by atoms with Crippen molar-refractivity contribution < 1.29 is 17.9 Å². The van der Waals surface area contributed by atoms with Gasteiger partial charge in [-0.15, -0.1) is 0 Å². The lowest BCUT2D eigenvalue weighted by Gasteiger charge is -2.36. The number of anilines is 1. The quantitative estimate of drug-likeness (QED) is 0.415. The number of piperazine rings is 1. The van der Waals surface area contributed by atoms with Gasteiger partial charge < -0.3 is 9.64 Å². The maximum absolute atomic E-state index is 13.7. The van der Waals surface area contributed by atoms with Crippen LogP contribution in [0.4, 0.5) is 5.69 Å². The Bertz CT molecular complexity index is 1260. The second-order valence-electron chi connectivity index (χ2n) is 8.51. The number of carbonyl (C=O) groups is 1. The molecular weight excluding hydrogens is 498 g/mol. The monoisotopic (exact) mass is 527 g/mol. The molecule has 0 radical (unpaired) electrons. The molecule has 0 aromatic heterocycles. The van der Waals surface area contributed by atoms with E-state index < -0.39 is 10.0 Å². The van der Waals surface area contributed by atoms with Gasteiger partial charge in [-0.05, 0) is 48.9 Å². The summed E-state index contributed by atoms with van der Waals surface area (Å²) in [5.41, 5.74) is 1.55. The highest BCUT2D eigenvalue weighted by atomic mass is 35.5. The molecule has 9 heteroatoms. The minimum absolute atomic E-state index is 0.0543. The highest BCUT2D eigenvalue weighted by molar-refractivity contribution is 7.92. The van der Waals surface area contributed by atoms with Crippen LogP contribution in [-0.4, -0.2) is 63.5 Å². The Morgan fingerprint density at radius 3 is 2.22 bits per heavy atom. The molecule has 0 unspecified atom stereocenters.